The molecule has 210 valence electrons. The van der Waals surface area contributed by atoms with Crippen molar-refractivity contribution in [3.8, 4) is 0 Å². The van der Waals surface area contributed by atoms with Crippen molar-refractivity contribution in [2.75, 3.05) is 28.6 Å². The van der Waals surface area contributed by atoms with E-state index in [2.05, 4.69) is 25.5 Å². The van der Waals surface area contributed by atoms with Gasteiger partial charge in [0.25, 0.3) is 11.8 Å². The molecule has 2 amide bonds. The van der Waals surface area contributed by atoms with Crippen LogP contribution in [0.4, 0.5) is 30.5 Å². The van der Waals surface area contributed by atoms with Gasteiger partial charge in [-0.15, -0.1) is 12.4 Å². The lowest BCUT2D eigenvalue weighted by Gasteiger charge is -2.25. The van der Waals surface area contributed by atoms with Gasteiger partial charge in [-0.3, -0.25) is 9.59 Å². The van der Waals surface area contributed by atoms with E-state index in [1.807, 2.05) is 0 Å². The van der Waals surface area contributed by atoms with Crippen LogP contribution in [0.3, 0.4) is 0 Å². The number of fused-ring (bicyclic) bond motifs is 1. The minimum absolute atomic E-state index is 0. The normalized spacial score (nSPS) is 13.6. The number of benzene rings is 3. The molecule has 2 heterocycles. The molecule has 7 nitrogen and oxygen atoms in total. The van der Waals surface area contributed by atoms with Gasteiger partial charge in [-0.05, 0) is 68.1 Å². The number of imidazole rings is 1. The molecule has 1 aromatic heterocycles. The maximum Gasteiger partial charge on any atom is 0.417 e. The number of anilines is 3. The molecule has 0 atom stereocenters. The molecule has 12 heteroatoms. The Morgan fingerprint density at radius 1 is 0.950 bits per heavy atom. The minimum atomic E-state index is -4.70. The van der Waals surface area contributed by atoms with Gasteiger partial charge in [0, 0.05) is 29.5 Å². The number of H-pyrrole nitrogens is 1. The summed E-state index contributed by atoms with van der Waals surface area (Å²) in [6, 6.07) is 12.6. The second-order valence-corrected chi connectivity index (χ2v) is 9.80. The number of piperidine rings is 1. The number of hydrogen-bond donors (Lipinski definition) is 3. The molecule has 3 aromatic carbocycles. The lowest BCUT2D eigenvalue weighted by Crippen LogP contribution is -2.30. The molecular formula is C28H26Cl2F3N5O2. The summed E-state index contributed by atoms with van der Waals surface area (Å²) in [5.41, 5.74) is 0.731. The van der Waals surface area contributed by atoms with Crippen LogP contribution in [0.15, 0.2) is 54.6 Å². The molecule has 5 rings (SSSR count). The van der Waals surface area contributed by atoms with Gasteiger partial charge in [0.1, 0.15) is 5.52 Å². The highest BCUT2D eigenvalue weighted by Crippen LogP contribution is 2.33. The molecule has 1 saturated heterocycles. The Morgan fingerprint density at radius 3 is 2.38 bits per heavy atom. The number of nitrogens with one attached hydrogen (secondary N) is 3. The molecule has 0 bridgehead atoms. The van der Waals surface area contributed by atoms with Crippen molar-refractivity contribution in [2.24, 2.45) is 0 Å². The highest BCUT2D eigenvalue weighted by Gasteiger charge is 2.35. The molecule has 1 fully saturated rings. The van der Waals surface area contributed by atoms with E-state index in [1.165, 1.54) is 18.2 Å². The predicted octanol–water partition coefficient (Wildman–Crippen LogP) is 7.46. The number of hydrogen-bond acceptors (Lipinski definition) is 4. The molecule has 0 radical (unpaired) electrons. The molecule has 0 spiro atoms. The summed E-state index contributed by atoms with van der Waals surface area (Å²) in [6.07, 6.45) is -1.56. The second-order valence-electron chi connectivity index (χ2n) is 9.39. The Hall–Kier alpha value is -3.76. The third-order valence-corrected chi connectivity index (χ3v) is 7.13. The Bertz CT molecular complexity index is 1570. The lowest BCUT2D eigenvalue weighted by molar-refractivity contribution is -0.137. The first kappa shape index (κ1) is 29.2. The molecule has 3 N–H and O–H groups in total. The van der Waals surface area contributed by atoms with Crippen LogP contribution in [0.1, 0.15) is 51.1 Å². The van der Waals surface area contributed by atoms with Crippen molar-refractivity contribution in [2.45, 2.75) is 32.4 Å². The van der Waals surface area contributed by atoms with Crippen LogP contribution in [0.25, 0.3) is 11.0 Å². The highest BCUT2D eigenvalue weighted by atomic mass is 35.5. The van der Waals surface area contributed by atoms with Gasteiger partial charge in [-0.25, -0.2) is 4.98 Å². The van der Waals surface area contributed by atoms with E-state index in [9.17, 15) is 22.8 Å². The highest BCUT2D eigenvalue weighted by molar-refractivity contribution is 6.31. The monoisotopic (exact) mass is 591 g/mol. The van der Waals surface area contributed by atoms with Crippen LogP contribution < -0.4 is 15.5 Å². The largest absolute Gasteiger partial charge is 0.417 e. The Morgan fingerprint density at radius 2 is 1.65 bits per heavy atom. The van der Waals surface area contributed by atoms with Gasteiger partial charge in [0.15, 0.2) is 0 Å². The number of nitrogens with zero attached hydrogens (tertiary/aromatic N) is 2. The molecular weight excluding hydrogens is 566 g/mol. The number of amides is 2. The number of alkyl halides is 3. The smallest absolute Gasteiger partial charge is 0.342 e. The number of aromatic amines is 1. The molecule has 4 aromatic rings. The van der Waals surface area contributed by atoms with Crippen molar-refractivity contribution in [1.29, 1.82) is 0 Å². The average molecular weight is 592 g/mol. The minimum Gasteiger partial charge on any atom is -0.342 e. The van der Waals surface area contributed by atoms with E-state index in [0.717, 1.165) is 44.5 Å². The van der Waals surface area contributed by atoms with E-state index < -0.39 is 29.1 Å². The summed E-state index contributed by atoms with van der Waals surface area (Å²) in [5, 5.41) is 5.85. The first-order chi connectivity index (χ1) is 18.6. The standard InChI is InChI=1S/C28H25ClF3N5O2.ClH/c1-16-21(29)10-7-11-22(16)34-26(39)19-14-17(33-25(38)18-8-3-4-9-20(18)28(30,31)32)15-23-24(19)36-27(35-23)37-12-5-2-6-13-37;/h3-4,7-11,14-15H,2,5-6,12-13H2,1H3,(H,33,38)(H,34,39)(H,35,36);1H. The van der Waals surface area contributed by atoms with Gasteiger partial charge in [-0.1, -0.05) is 29.8 Å². The molecule has 0 saturated carbocycles. The number of rotatable bonds is 5. The summed E-state index contributed by atoms with van der Waals surface area (Å²) in [5.74, 6) is -0.868. The van der Waals surface area contributed by atoms with Gasteiger partial charge in [0.2, 0.25) is 5.95 Å². The zero-order valence-corrected chi connectivity index (χ0v) is 22.9. The van der Waals surface area contributed by atoms with E-state index >= 15 is 0 Å². The van der Waals surface area contributed by atoms with E-state index in [1.54, 1.807) is 31.2 Å². The van der Waals surface area contributed by atoms with Gasteiger partial charge < -0.3 is 20.5 Å². The van der Waals surface area contributed by atoms with Crippen LogP contribution in [0.2, 0.25) is 5.02 Å². The van der Waals surface area contributed by atoms with Crippen LogP contribution in [0.5, 0.6) is 0 Å². The first-order valence-electron chi connectivity index (χ1n) is 12.4. The summed E-state index contributed by atoms with van der Waals surface area (Å²) >= 11 is 6.21. The molecule has 0 aliphatic carbocycles. The Kier molecular flexibility index (Phi) is 8.60. The first-order valence-corrected chi connectivity index (χ1v) is 12.8. The summed E-state index contributed by atoms with van der Waals surface area (Å²) in [6.45, 7) is 3.38. The van der Waals surface area contributed by atoms with Crippen molar-refractivity contribution in [3.05, 3.63) is 81.9 Å². The van der Waals surface area contributed by atoms with Crippen LogP contribution in [-0.2, 0) is 6.18 Å². The molecule has 40 heavy (non-hydrogen) atoms. The Balaban J connectivity index is 0.00000370. The van der Waals surface area contributed by atoms with Gasteiger partial charge in [-0.2, -0.15) is 13.2 Å². The zero-order chi connectivity index (χ0) is 27.7. The van der Waals surface area contributed by atoms with E-state index in [0.29, 0.717) is 33.3 Å². The zero-order valence-electron chi connectivity index (χ0n) is 21.4. The fourth-order valence-corrected chi connectivity index (χ4v) is 4.84. The number of carbonyl (C=O) groups excluding carboxylic acids is 2. The quantitative estimate of drug-likeness (QED) is 0.225. The van der Waals surface area contributed by atoms with E-state index in [-0.39, 0.29) is 23.7 Å². The van der Waals surface area contributed by atoms with Crippen molar-refractivity contribution in [1.82, 2.24) is 9.97 Å². The van der Waals surface area contributed by atoms with Gasteiger partial charge >= 0.3 is 6.18 Å². The van der Waals surface area contributed by atoms with Crippen LogP contribution in [-0.4, -0.2) is 34.9 Å². The third kappa shape index (κ3) is 6.03. The van der Waals surface area contributed by atoms with Crippen molar-refractivity contribution >= 4 is 64.2 Å². The van der Waals surface area contributed by atoms with E-state index in [4.69, 9.17) is 11.6 Å². The fourth-order valence-electron chi connectivity index (χ4n) is 4.66. The topological polar surface area (TPSA) is 90.1 Å². The number of carbonyl (C=O) groups is 2. The number of aromatic nitrogens is 2. The van der Waals surface area contributed by atoms with Gasteiger partial charge in [0.05, 0.1) is 22.2 Å². The maximum atomic E-state index is 13.5. The molecule has 0 unspecified atom stereocenters. The van der Waals surface area contributed by atoms with Crippen molar-refractivity contribution in [3.63, 3.8) is 0 Å². The fraction of sp³-hybridized carbons (Fsp3) is 0.250. The Labute approximate surface area is 239 Å². The molecule has 1 aliphatic heterocycles. The summed E-state index contributed by atoms with van der Waals surface area (Å²) < 4.78 is 40.5. The van der Waals surface area contributed by atoms with Crippen molar-refractivity contribution < 1.29 is 22.8 Å². The SMILES string of the molecule is Cc1c(Cl)cccc1NC(=O)c1cc(NC(=O)c2ccccc2C(F)(F)F)cc2[nH]c(N3CCCCC3)nc12.Cl. The summed E-state index contributed by atoms with van der Waals surface area (Å²) in [7, 11) is 0. The number of halogens is 5. The molecule has 1 aliphatic rings. The van der Waals surface area contributed by atoms with Crippen LogP contribution >= 0.6 is 24.0 Å². The predicted molar refractivity (Wildman–Crippen MR) is 153 cm³/mol. The summed E-state index contributed by atoms with van der Waals surface area (Å²) in [4.78, 5) is 36.4. The second kappa shape index (κ2) is 11.8. The lowest BCUT2D eigenvalue weighted by atomic mass is 10.1. The van der Waals surface area contributed by atoms with Crippen LogP contribution in [0, 0.1) is 6.92 Å². The third-order valence-electron chi connectivity index (χ3n) is 6.73. The average Bonchev–Trinajstić information content (AvgIpc) is 3.35. The maximum absolute atomic E-state index is 13.5.